The van der Waals surface area contributed by atoms with E-state index in [9.17, 15) is 0 Å². The zero-order chi connectivity index (χ0) is 14.7. The molecule has 108 valence electrons. The molecule has 0 unspecified atom stereocenters. The molecule has 4 heteroatoms. The van der Waals surface area contributed by atoms with Gasteiger partial charge in [-0.25, -0.2) is 0 Å². The van der Waals surface area contributed by atoms with Crippen molar-refractivity contribution in [3.8, 4) is 5.75 Å². The molecule has 1 aromatic heterocycles. The van der Waals surface area contributed by atoms with Crippen molar-refractivity contribution in [3.05, 3.63) is 41.2 Å². The maximum Gasteiger partial charge on any atom is 0.120 e. The molecule has 2 aromatic rings. The molecule has 0 amide bonds. The highest BCUT2D eigenvalue weighted by atomic mass is 16.5. The van der Waals surface area contributed by atoms with E-state index in [1.165, 1.54) is 11.1 Å². The van der Waals surface area contributed by atoms with Gasteiger partial charge in [-0.3, -0.25) is 4.68 Å². The lowest BCUT2D eigenvalue weighted by molar-refractivity contribution is 0.242. The molecule has 1 N–H and O–H groups in total. The van der Waals surface area contributed by atoms with Crippen LogP contribution in [0.25, 0.3) is 0 Å². The summed E-state index contributed by atoms with van der Waals surface area (Å²) in [6.45, 7) is 8.97. The SMILES string of the molecule is Cc1cc(OC(C)C)ccc1NCc1cn(C)nc1C. The second-order valence-corrected chi connectivity index (χ2v) is 5.41. The van der Waals surface area contributed by atoms with Crippen LogP contribution in [0.1, 0.15) is 30.7 Å². The first-order valence-corrected chi connectivity index (χ1v) is 6.96. The van der Waals surface area contributed by atoms with Gasteiger partial charge < -0.3 is 10.1 Å². The monoisotopic (exact) mass is 273 g/mol. The number of aryl methyl sites for hydroxylation is 3. The van der Waals surface area contributed by atoms with Crippen LogP contribution in [0.4, 0.5) is 5.69 Å². The Balaban J connectivity index is 2.04. The molecule has 0 radical (unpaired) electrons. The third-order valence-electron chi connectivity index (χ3n) is 3.15. The van der Waals surface area contributed by atoms with Gasteiger partial charge in [0.1, 0.15) is 5.75 Å². The minimum absolute atomic E-state index is 0.200. The molecule has 0 saturated heterocycles. The molecule has 20 heavy (non-hydrogen) atoms. The molecular formula is C16H23N3O. The van der Waals surface area contributed by atoms with Gasteiger partial charge in [0.25, 0.3) is 0 Å². The Hall–Kier alpha value is -1.97. The number of hydrogen-bond acceptors (Lipinski definition) is 3. The van der Waals surface area contributed by atoms with Crippen molar-refractivity contribution >= 4 is 5.69 Å². The van der Waals surface area contributed by atoms with Crippen LogP contribution >= 0.6 is 0 Å². The van der Waals surface area contributed by atoms with Crippen LogP contribution in [0.2, 0.25) is 0 Å². The molecule has 0 saturated carbocycles. The van der Waals surface area contributed by atoms with E-state index in [0.29, 0.717) is 0 Å². The molecule has 2 rings (SSSR count). The molecule has 0 aliphatic rings. The number of aromatic nitrogens is 2. The zero-order valence-electron chi connectivity index (χ0n) is 12.9. The van der Waals surface area contributed by atoms with Crippen LogP contribution in [-0.2, 0) is 13.6 Å². The van der Waals surface area contributed by atoms with Crippen molar-refractivity contribution in [3.63, 3.8) is 0 Å². The van der Waals surface area contributed by atoms with Gasteiger partial charge in [0, 0.05) is 31.0 Å². The normalized spacial score (nSPS) is 10.9. The highest BCUT2D eigenvalue weighted by Crippen LogP contribution is 2.23. The van der Waals surface area contributed by atoms with E-state index in [2.05, 4.69) is 29.5 Å². The summed E-state index contributed by atoms with van der Waals surface area (Å²) in [5.41, 5.74) is 4.60. The van der Waals surface area contributed by atoms with Gasteiger partial charge in [-0.15, -0.1) is 0 Å². The second-order valence-electron chi connectivity index (χ2n) is 5.41. The number of ether oxygens (including phenoxy) is 1. The fourth-order valence-electron chi connectivity index (χ4n) is 2.19. The summed E-state index contributed by atoms with van der Waals surface area (Å²) < 4.78 is 7.54. The van der Waals surface area contributed by atoms with E-state index in [0.717, 1.165) is 23.7 Å². The van der Waals surface area contributed by atoms with Crippen molar-refractivity contribution < 1.29 is 4.74 Å². The summed E-state index contributed by atoms with van der Waals surface area (Å²) in [5.74, 6) is 0.917. The molecule has 0 atom stereocenters. The van der Waals surface area contributed by atoms with Crippen LogP contribution in [0.3, 0.4) is 0 Å². The predicted octanol–water partition coefficient (Wildman–Crippen LogP) is 3.44. The summed E-state index contributed by atoms with van der Waals surface area (Å²) in [6.07, 6.45) is 2.25. The third-order valence-corrected chi connectivity index (χ3v) is 3.15. The molecule has 0 aliphatic heterocycles. The van der Waals surface area contributed by atoms with Crippen LogP contribution in [0.5, 0.6) is 5.75 Å². The van der Waals surface area contributed by atoms with Crippen molar-refractivity contribution in [1.82, 2.24) is 9.78 Å². The van der Waals surface area contributed by atoms with Crippen LogP contribution in [-0.4, -0.2) is 15.9 Å². The summed E-state index contributed by atoms with van der Waals surface area (Å²) >= 11 is 0. The van der Waals surface area contributed by atoms with Gasteiger partial charge in [-0.2, -0.15) is 5.10 Å². The van der Waals surface area contributed by atoms with Crippen LogP contribution in [0.15, 0.2) is 24.4 Å². The van der Waals surface area contributed by atoms with Crippen LogP contribution < -0.4 is 10.1 Å². The average molecular weight is 273 g/mol. The molecular weight excluding hydrogens is 250 g/mol. The summed E-state index contributed by atoms with van der Waals surface area (Å²) in [4.78, 5) is 0. The van der Waals surface area contributed by atoms with Gasteiger partial charge in [0.2, 0.25) is 0 Å². The highest BCUT2D eigenvalue weighted by Gasteiger charge is 2.05. The number of benzene rings is 1. The predicted molar refractivity (Wildman–Crippen MR) is 82.2 cm³/mol. The Morgan fingerprint density at radius 1 is 1.30 bits per heavy atom. The lowest BCUT2D eigenvalue weighted by Gasteiger charge is -2.13. The van der Waals surface area contributed by atoms with E-state index in [1.807, 2.05) is 44.8 Å². The van der Waals surface area contributed by atoms with Crippen molar-refractivity contribution in [2.45, 2.75) is 40.3 Å². The first kappa shape index (κ1) is 14.4. The van der Waals surface area contributed by atoms with E-state index in [4.69, 9.17) is 4.74 Å². The van der Waals surface area contributed by atoms with E-state index >= 15 is 0 Å². The minimum atomic E-state index is 0.200. The lowest BCUT2D eigenvalue weighted by atomic mass is 10.1. The standard InChI is InChI=1S/C16H23N3O/c1-11(2)20-15-6-7-16(12(3)8-15)17-9-14-10-19(5)18-13(14)4/h6-8,10-11,17H,9H2,1-5H3. The molecule has 0 bridgehead atoms. The van der Waals surface area contributed by atoms with Crippen molar-refractivity contribution in [2.75, 3.05) is 5.32 Å². The van der Waals surface area contributed by atoms with Gasteiger partial charge in [0.05, 0.1) is 11.8 Å². The fraction of sp³-hybridized carbons (Fsp3) is 0.438. The Labute approximate surface area is 120 Å². The molecule has 0 fully saturated rings. The van der Waals surface area contributed by atoms with E-state index in [-0.39, 0.29) is 6.10 Å². The highest BCUT2D eigenvalue weighted by molar-refractivity contribution is 5.54. The summed E-state index contributed by atoms with van der Waals surface area (Å²) in [7, 11) is 1.94. The smallest absolute Gasteiger partial charge is 0.120 e. The summed E-state index contributed by atoms with van der Waals surface area (Å²) in [6, 6.07) is 6.14. The number of nitrogens with zero attached hydrogens (tertiary/aromatic N) is 2. The van der Waals surface area contributed by atoms with E-state index in [1.54, 1.807) is 0 Å². The number of anilines is 1. The third kappa shape index (κ3) is 3.53. The van der Waals surface area contributed by atoms with Crippen molar-refractivity contribution in [2.24, 2.45) is 7.05 Å². The minimum Gasteiger partial charge on any atom is -0.491 e. The van der Waals surface area contributed by atoms with Gasteiger partial charge in [-0.05, 0) is 51.5 Å². The largest absolute Gasteiger partial charge is 0.491 e. The van der Waals surface area contributed by atoms with Crippen LogP contribution in [0, 0.1) is 13.8 Å². The van der Waals surface area contributed by atoms with E-state index < -0.39 is 0 Å². The maximum atomic E-state index is 5.69. The van der Waals surface area contributed by atoms with Gasteiger partial charge in [-0.1, -0.05) is 0 Å². The van der Waals surface area contributed by atoms with Crippen molar-refractivity contribution in [1.29, 1.82) is 0 Å². The Morgan fingerprint density at radius 3 is 2.60 bits per heavy atom. The molecule has 1 heterocycles. The number of rotatable bonds is 5. The molecule has 0 aliphatic carbocycles. The maximum absolute atomic E-state index is 5.69. The Kier molecular flexibility index (Phi) is 4.32. The average Bonchev–Trinajstić information content (AvgIpc) is 2.66. The Bertz CT molecular complexity index is 587. The quantitative estimate of drug-likeness (QED) is 0.907. The summed E-state index contributed by atoms with van der Waals surface area (Å²) in [5, 5.41) is 7.80. The van der Waals surface area contributed by atoms with Gasteiger partial charge >= 0.3 is 0 Å². The van der Waals surface area contributed by atoms with Gasteiger partial charge in [0.15, 0.2) is 0 Å². The second kappa shape index (κ2) is 5.99. The molecule has 1 aromatic carbocycles. The number of hydrogen-bond donors (Lipinski definition) is 1. The molecule has 0 spiro atoms. The topological polar surface area (TPSA) is 39.1 Å². The first-order valence-electron chi connectivity index (χ1n) is 6.96. The Morgan fingerprint density at radius 2 is 2.05 bits per heavy atom. The lowest BCUT2D eigenvalue weighted by Crippen LogP contribution is -2.06. The molecule has 4 nitrogen and oxygen atoms in total. The number of nitrogens with one attached hydrogen (secondary N) is 1. The zero-order valence-corrected chi connectivity index (χ0v) is 12.9. The first-order chi connectivity index (χ1) is 9.45. The fourth-order valence-corrected chi connectivity index (χ4v) is 2.19.